The van der Waals surface area contributed by atoms with E-state index in [0.29, 0.717) is 0 Å². The Labute approximate surface area is 164 Å². The van der Waals surface area contributed by atoms with Crippen molar-refractivity contribution in [3.8, 4) is 5.75 Å². The van der Waals surface area contributed by atoms with E-state index in [9.17, 15) is 0 Å². The van der Waals surface area contributed by atoms with E-state index in [1.807, 2.05) is 13.1 Å². The molecule has 0 radical (unpaired) electrons. The Kier molecular flexibility index (Phi) is 7.81. The minimum atomic E-state index is 0.732. The summed E-state index contributed by atoms with van der Waals surface area (Å²) in [6, 6.07) is 8.31. The highest BCUT2D eigenvalue weighted by molar-refractivity contribution is 5.79. The van der Waals surface area contributed by atoms with Crippen molar-refractivity contribution in [3.05, 3.63) is 29.8 Å². The zero-order valence-electron chi connectivity index (χ0n) is 17.0. The molecule has 0 amide bonds. The first-order valence-corrected chi connectivity index (χ1v) is 10.7. The number of aliphatic imine (C=N–C) groups is 1. The van der Waals surface area contributed by atoms with Crippen LogP contribution in [0.4, 0.5) is 0 Å². The Bertz CT molecular complexity index is 592. The third-order valence-electron chi connectivity index (χ3n) is 5.81. The Hall–Kier alpha value is -1.75. The molecule has 2 aliphatic rings. The van der Waals surface area contributed by atoms with Gasteiger partial charge in [-0.15, -0.1) is 0 Å². The van der Waals surface area contributed by atoms with Gasteiger partial charge < -0.3 is 20.3 Å². The van der Waals surface area contributed by atoms with Crippen LogP contribution in [0.15, 0.2) is 29.3 Å². The topological polar surface area (TPSA) is 48.9 Å². The Balaban J connectivity index is 1.38. The van der Waals surface area contributed by atoms with Crippen LogP contribution < -0.4 is 15.4 Å². The monoisotopic (exact) mass is 372 g/mol. The summed E-state index contributed by atoms with van der Waals surface area (Å²) in [7, 11) is 1.84. The molecule has 3 rings (SSSR count). The van der Waals surface area contributed by atoms with Crippen molar-refractivity contribution >= 4 is 5.96 Å². The molecule has 27 heavy (non-hydrogen) atoms. The molecule has 1 heterocycles. The predicted octanol–water partition coefficient (Wildman–Crippen LogP) is 3.26. The van der Waals surface area contributed by atoms with Gasteiger partial charge in [-0.05, 0) is 69.6 Å². The van der Waals surface area contributed by atoms with Crippen LogP contribution >= 0.6 is 0 Å². The van der Waals surface area contributed by atoms with E-state index in [4.69, 9.17) is 4.74 Å². The number of nitrogens with one attached hydrogen (secondary N) is 2. The number of benzene rings is 1. The van der Waals surface area contributed by atoms with E-state index >= 15 is 0 Å². The maximum Gasteiger partial charge on any atom is 0.191 e. The molecule has 0 atom stereocenters. The second-order valence-electron chi connectivity index (χ2n) is 7.88. The highest BCUT2D eigenvalue weighted by Crippen LogP contribution is 2.30. The zero-order chi connectivity index (χ0) is 18.9. The normalized spacial score (nSPS) is 19.1. The van der Waals surface area contributed by atoms with E-state index < -0.39 is 0 Å². The number of guanidine groups is 1. The SMILES string of the molecule is CCN1CCC(CCNC(=NC)NCc2ccccc2OCC2CC2)CC1. The van der Waals surface area contributed by atoms with Gasteiger partial charge in [-0.3, -0.25) is 4.99 Å². The van der Waals surface area contributed by atoms with Crippen LogP contribution in [-0.2, 0) is 6.54 Å². The smallest absolute Gasteiger partial charge is 0.191 e. The quantitative estimate of drug-likeness (QED) is 0.516. The molecular formula is C22H36N4O. The molecule has 0 unspecified atom stereocenters. The van der Waals surface area contributed by atoms with Crippen molar-refractivity contribution in [1.29, 1.82) is 0 Å². The lowest BCUT2D eigenvalue weighted by atomic mass is 9.93. The third-order valence-corrected chi connectivity index (χ3v) is 5.81. The lowest BCUT2D eigenvalue weighted by molar-refractivity contribution is 0.187. The standard InChI is InChI=1S/C22H36N4O/c1-3-26-14-11-18(12-15-26)10-13-24-22(23-2)25-16-20-6-4-5-7-21(20)27-17-19-8-9-19/h4-7,18-19H,3,8-17H2,1-2H3,(H2,23,24,25). The fourth-order valence-corrected chi connectivity index (χ4v) is 3.67. The molecule has 0 aromatic heterocycles. The molecule has 1 aliphatic heterocycles. The molecule has 1 aromatic rings. The van der Waals surface area contributed by atoms with Gasteiger partial charge in [0.05, 0.1) is 6.61 Å². The van der Waals surface area contributed by atoms with Crippen LogP contribution in [0, 0.1) is 11.8 Å². The summed E-state index contributed by atoms with van der Waals surface area (Å²) in [6.07, 6.45) is 6.50. The van der Waals surface area contributed by atoms with E-state index in [1.54, 1.807) is 0 Å². The number of para-hydroxylation sites is 1. The summed E-state index contributed by atoms with van der Waals surface area (Å²) in [6.45, 7) is 8.52. The minimum Gasteiger partial charge on any atom is -0.493 e. The fraction of sp³-hybridized carbons (Fsp3) is 0.682. The first-order valence-electron chi connectivity index (χ1n) is 10.7. The zero-order valence-corrected chi connectivity index (χ0v) is 17.0. The Morgan fingerprint density at radius 1 is 1.11 bits per heavy atom. The van der Waals surface area contributed by atoms with Crippen molar-refractivity contribution in [2.45, 2.75) is 45.6 Å². The first-order chi connectivity index (χ1) is 13.3. The number of hydrogen-bond donors (Lipinski definition) is 2. The summed E-state index contributed by atoms with van der Waals surface area (Å²) in [5.74, 6) is 3.48. The number of hydrogen-bond acceptors (Lipinski definition) is 3. The number of ether oxygens (including phenoxy) is 1. The molecule has 150 valence electrons. The summed E-state index contributed by atoms with van der Waals surface area (Å²) in [5, 5.41) is 6.91. The molecule has 2 fully saturated rings. The van der Waals surface area contributed by atoms with Gasteiger partial charge in [0.1, 0.15) is 5.75 Å². The molecular weight excluding hydrogens is 336 g/mol. The fourth-order valence-electron chi connectivity index (χ4n) is 3.67. The van der Waals surface area contributed by atoms with Crippen molar-refractivity contribution in [1.82, 2.24) is 15.5 Å². The summed E-state index contributed by atoms with van der Waals surface area (Å²) >= 11 is 0. The van der Waals surface area contributed by atoms with Gasteiger partial charge in [-0.25, -0.2) is 0 Å². The molecule has 1 aliphatic carbocycles. The number of likely N-dealkylation sites (tertiary alicyclic amines) is 1. The summed E-state index contributed by atoms with van der Waals surface area (Å²) in [5.41, 5.74) is 1.19. The van der Waals surface area contributed by atoms with Crippen LogP contribution in [-0.4, -0.2) is 50.7 Å². The van der Waals surface area contributed by atoms with E-state index in [-0.39, 0.29) is 0 Å². The van der Waals surface area contributed by atoms with Crippen molar-refractivity contribution in [3.63, 3.8) is 0 Å². The minimum absolute atomic E-state index is 0.732. The van der Waals surface area contributed by atoms with Gasteiger partial charge >= 0.3 is 0 Å². The van der Waals surface area contributed by atoms with Gasteiger partial charge in [-0.2, -0.15) is 0 Å². The molecule has 0 bridgehead atoms. The van der Waals surface area contributed by atoms with Crippen LogP contribution in [0.1, 0.15) is 44.6 Å². The summed E-state index contributed by atoms with van der Waals surface area (Å²) in [4.78, 5) is 6.92. The van der Waals surface area contributed by atoms with Gasteiger partial charge in [0.15, 0.2) is 5.96 Å². The molecule has 5 nitrogen and oxygen atoms in total. The van der Waals surface area contributed by atoms with Crippen LogP contribution in [0.25, 0.3) is 0 Å². The van der Waals surface area contributed by atoms with Crippen molar-refractivity contribution in [2.24, 2.45) is 16.8 Å². The highest BCUT2D eigenvalue weighted by Gasteiger charge is 2.22. The molecule has 2 N–H and O–H groups in total. The first kappa shape index (κ1) is 20.0. The maximum atomic E-state index is 6.00. The predicted molar refractivity (Wildman–Crippen MR) is 112 cm³/mol. The molecule has 1 saturated heterocycles. The Morgan fingerprint density at radius 2 is 1.89 bits per heavy atom. The lowest BCUT2D eigenvalue weighted by Crippen LogP contribution is -2.39. The second-order valence-corrected chi connectivity index (χ2v) is 7.88. The molecule has 0 spiro atoms. The maximum absolute atomic E-state index is 6.00. The average molecular weight is 373 g/mol. The van der Waals surface area contributed by atoms with E-state index in [1.165, 1.54) is 57.3 Å². The van der Waals surface area contributed by atoms with Gasteiger partial charge in [0.25, 0.3) is 0 Å². The molecule has 5 heteroatoms. The lowest BCUT2D eigenvalue weighted by Gasteiger charge is -2.31. The number of rotatable bonds is 9. The van der Waals surface area contributed by atoms with Crippen LogP contribution in [0.2, 0.25) is 0 Å². The van der Waals surface area contributed by atoms with E-state index in [2.05, 4.69) is 45.6 Å². The summed E-state index contributed by atoms with van der Waals surface area (Å²) < 4.78 is 6.00. The van der Waals surface area contributed by atoms with Crippen molar-refractivity contribution < 1.29 is 4.74 Å². The van der Waals surface area contributed by atoms with Gasteiger partial charge in [0.2, 0.25) is 0 Å². The third kappa shape index (κ3) is 6.73. The van der Waals surface area contributed by atoms with Crippen LogP contribution in [0.3, 0.4) is 0 Å². The Morgan fingerprint density at radius 3 is 2.59 bits per heavy atom. The van der Waals surface area contributed by atoms with E-state index in [0.717, 1.165) is 43.2 Å². The van der Waals surface area contributed by atoms with Crippen molar-refractivity contribution in [2.75, 3.05) is 39.8 Å². The molecule has 1 saturated carbocycles. The molecule has 1 aromatic carbocycles. The van der Waals surface area contributed by atoms with Gasteiger partial charge in [0, 0.05) is 25.7 Å². The number of nitrogens with zero attached hydrogens (tertiary/aromatic N) is 2. The van der Waals surface area contributed by atoms with Gasteiger partial charge in [-0.1, -0.05) is 25.1 Å². The van der Waals surface area contributed by atoms with Crippen LogP contribution in [0.5, 0.6) is 5.75 Å². The number of piperidine rings is 1. The largest absolute Gasteiger partial charge is 0.493 e. The average Bonchev–Trinajstić information content (AvgIpc) is 3.54. The second kappa shape index (κ2) is 10.5. The highest BCUT2D eigenvalue weighted by atomic mass is 16.5.